The Morgan fingerprint density at radius 1 is 0.962 bits per heavy atom. The number of amides is 1. The Labute approximate surface area is 152 Å². The summed E-state index contributed by atoms with van der Waals surface area (Å²) in [7, 11) is 0. The number of hydrogen-bond donors (Lipinski definition) is 2. The molecule has 2 aromatic carbocycles. The summed E-state index contributed by atoms with van der Waals surface area (Å²) in [6.07, 6.45) is 2.54. The summed E-state index contributed by atoms with van der Waals surface area (Å²) in [6, 6.07) is 17.5. The minimum atomic E-state index is -0.264. The molecular weight excluding hydrogens is 329 g/mol. The van der Waals surface area contributed by atoms with Crippen molar-refractivity contribution in [2.45, 2.75) is 19.9 Å². The molecule has 1 aromatic heterocycles. The van der Waals surface area contributed by atoms with Crippen molar-refractivity contribution in [1.82, 2.24) is 4.98 Å². The number of nitrogens with one attached hydrogen (secondary N) is 2. The lowest BCUT2D eigenvalue weighted by atomic mass is 10.1. The van der Waals surface area contributed by atoms with E-state index in [-0.39, 0.29) is 11.7 Å². The van der Waals surface area contributed by atoms with Crippen molar-refractivity contribution >= 4 is 17.3 Å². The molecule has 0 spiro atoms. The maximum Gasteiger partial charge on any atom is 0.274 e. The Morgan fingerprint density at radius 2 is 1.65 bits per heavy atom. The molecule has 3 aromatic rings. The molecule has 0 aliphatic rings. The summed E-state index contributed by atoms with van der Waals surface area (Å²) >= 11 is 0. The smallest absolute Gasteiger partial charge is 0.274 e. The van der Waals surface area contributed by atoms with Gasteiger partial charge in [0.25, 0.3) is 5.91 Å². The van der Waals surface area contributed by atoms with Crippen molar-refractivity contribution in [2.75, 3.05) is 10.6 Å². The summed E-state index contributed by atoms with van der Waals surface area (Å²) in [5, 5.41) is 6.06. The third-order valence-electron chi connectivity index (χ3n) is 4.02. The van der Waals surface area contributed by atoms with Crippen molar-refractivity contribution in [3.05, 3.63) is 89.5 Å². The molecular formula is C21H20FN3O. The van der Waals surface area contributed by atoms with Crippen LogP contribution < -0.4 is 10.6 Å². The van der Waals surface area contributed by atoms with E-state index in [0.717, 1.165) is 23.4 Å². The third kappa shape index (κ3) is 4.66. The van der Waals surface area contributed by atoms with Gasteiger partial charge in [0.2, 0.25) is 0 Å². The second-order valence-corrected chi connectivity index (χ2v) is 5.91. The summed E-state index contributed by atoms with van der Waals surface area (Å²) in [4.78, 5) is 16.5. The molecule has 0 saturated carbocycles. The van der Waals surface area contributed by atoms with Crippen LogP contribution in [0.3, 0.4) is 0 Å². The standard InChI is InChI=1S/C21H20FN3O/c1-2-15-5-9-18(10-6-15)25-21(26)20-13-19(11-12-23-20)24-14-16-3-7-17(22)8-4-16/h3-13H,2,14H2,1H3,(H,23,24)(H,25,26). The number of anilines is 2. The van der Waals surface area contributed by atoms with E-state index in [1.165, 1.54) is 17.7 Å². The Hall–Kier alpha value is -3.21. The molecule has 0 aliphatic heterocycles. The number of aryl methyl sites for hydroxylation is 1. The molecule has 0 unspecified atom stereocenters. The average molecular weight is 349 g/mol. The zero-order chi connectivity index (χ0) is 18.4. The van der Waals surface area contributed by atoms with E-state index in [0.29, 0.717) is 12.2 Å². The molecule has 0 fully saturated rings. The van der Waals surface area contributed by atoms with Crippen molar-refractivity contribution in [3.63, 3.8) is 0 Å². The van der Waals surface area contributed by atoms with Gasteiger partial charge >= 0.3 is 0 Å². The Bertz CT molecular complexity index is 877. The molecule has 0 radical (unpaired) electrons. The number of rotatable bonds is 6. The minimum Gasteiger partial charge on any atom is -0.381 e. The highest BCUT2D eigenvalue weighted by molar-refractivity contribution is 6.03. The molecule has 26 heavy (non-hydrogen) atoms. The lowest BCUT2D eigenvalue weighted by Gasteiger charge is -2.09. The van der Waals surface area contributed by atoms with E-state index in [1.807, 2.05) is 24.3 Å². The summed E-state index contributed by atoms with van der Waals surface area (Å²) in [5.74, 6) is -0.525. The van der Waals surface area contributed by atoms with Gasteiger partial charge < -0.3 is 10.6 Å². The Balaban J connectivity index is 1.63. The predicted octanol–water partition coefficient (Wildman–Crippen LogP) is 4.65. The van der Waals surface area contributed by atoms with Crippen LogP contribution in [0.5, 0.6) is 0 Å². The van der Waals surface area contributed by atoms with Crippen LogP contribution >= 0.6 is 0 Å². The number of pyridine rings is 1. The van der Waals surface area contributed by atoms with Gasteiger partial charge in [-0.15, -0.1) is 0 Å². The monoisotopic (exact) mass is 349 g/mol. The van der Waals surface area contributed by atoms with Crippen molar-refractivity contribution < 1.29 is 9.18 Å². The van der Waals surface area contributed by atoms with Gasteiger partial charge in [-0.2, -0.15) is 0 Å². The fourth-order valence-corrected chi connectivity index (χ4v) is 2.49. The maximum atomic E-state index is 12.9. The van der Waals surface area contributed by atoms with Crippen molar-refractivity contribution in [2.24, 2.45) is 0 Å². The first-order chi connectivity index (χ1) is 12.6. The Morgan fingerprint density at radius 3 is 2.35 bits per heavy atom. The molecule has 3 rings (SSSR count). The summed E-state index contributed by atoms with van der Waals surface area (Å²) in [5.41, 5.74) is 4.00. The van der Waals surface area contributed by atoms with Crippen LogP contribution in [0.25, 0.3) is 0 Å². The number of halogens is 1. The van der Waals surface area contributed by atoms with Gasteiger partial charge in [-0.1, -0.05) is 31.2 Å². The van der Waals surface area contributed by atoms with Gasteiger partial charge in [0.05, 0.1) is 0 Å². The van der Waals surface area contributed by atoms with E-state index in [2.05, 4.69) is 22.5 Å². The van der Waals surface area contributed by atoms with Crippen molar-refractivity contribution in [1.29, 1.82) is 0 Å². The van der Waals surface area contributed by atoms with Gasteiger partial charge in [0.15, 0.2) is 0 Å². The maximum absolute atomic E-state index is 12.9. The quantitative estimate of drug-likeness (QED) is 0.681. The van der Waals surface area contributed by atoms with E-state index >= 15 is 0 Å². The molecule has 0 atom stereocenters. The van der Waals surface area contributed by atoms with Gasteiger partial charge in [0.1, 0.15) is 11.5 Å². The molecule has 4 nitrogen and oxygen atoms in total. The first-order valence-corrected chi connectivity index (χ1v) is 8.48. The van der Waals surface area contributed by atoms with Gasteiger partial charge in [-0.05, 0) is 53.9 Å². The number of nitrogens with zero attached hydrogens (tertiary/aromatic N) is 1. The topological polar surface area (TPSA) is 54.0 Å². The summed E-state index contributed by atoms with van der Waals surface area (Å²) < 4.78 is 12.9. The van der Waals surface area contributed by atoms with Crippen LogP contribution in [-0.2, 0) is 13.0 Å². The van der Waals surface area contributed by atoms with Crippen LogP contribution in [0.15, 0.2) is 66.9 Å². The molecule has 2 N–H and O–H groups in total. The Kier molecular flexibility index (Phi) is 5.59. The highest BCUT2D eigenvalue weighted by Crippen LogP contribution is 2.14. The fourth-order valence-electron chi connectivity index (χ4n) is 2.49. The normalized spacial score (nSPS) is 10.4. The SMILES string of the molecule is CCc1ccc(NC(=O)c2cc(NCc3ccc(F)cc3)ccn2)cc1. The first kappa shape index (κ1) is 17.6. The van der Waals surface area contributed by atoms with Crippen LogP contribution in [0.1, 0.15) is 28.5 Å². The van der Waals surface area contributed by atoms with Gasteiger partial charge in [-0.3, -0.25) is 9.78 Å². The van der Waals surface area contributed by atoms with E-state index in [4.69, 9.17) is 0 Å². The molecule has 0 bridgehead atoms. The lowest BCUT2D eigenvalue weighted by Crippen LogP contribution is -2.14. The second kappa shape index (κ2) is 8.25. The number of carbonyl (C=O) groups excluding carboxylic acids is 1. The van der Waals surface area contributed by atoms with Crippen LogP contribution in [0.2, 0.25) is 0 Å². The fraction of sp³-hybridized carbons (Fsp3) is 0.143. The number of hydrogen-bond acceptors (Lipinski definition) is 3. The molecule has 1 amide bonds. The highest BCUT2D eigenvalue weighted by atomic mass is 19.1. The second-order valence-electron chi connectivity index (χ2n) is 5.91. The van der Waals surface area contributed by atoms with E-state index in [9.17, 15) is 9.18 Å². The predicted molar refractivity (Wildman–Crippen MR) is 102 cm³/mol. The highest BCUT2D eigenvalue weighted by Gasteiger charge is 2.08. The van der Waals surface area contributed by atoms with Crippen LogP contribution in [0, 0.1) is 5.82 Å². The molecule has 5 heteroatoms. The molecule has 0 aliphatic carbocycles. The largest absolute Gasteiger partial charge is 0.381 e. The number of carbonyl (C=O) groups is 1. The number of aromatic nitrogens is 1. The van der Waals surface area contributed by atoms with Gasteiger partial charge in [-0.25, -0.2) is 4.39 Å². The van der Waals surface area contributed by atoms with Crippen LogP contribution in [-0.4, -0.2) is 10.9 Å². The van der Waals surface area contributed by atoms with E-state index in [1.54, 1.807) is 30.5 Å². The average Bonchev–Trinajstić information content (AvgIpc) is 2.68. The van der Waals surface area contributed by atoms with Crippen molar-refractivity contribution in [3.8, 4) is 0 Å². The van der Waals surface area contributed by atoms with Gasteiger partial charge in [0, 0.05) is 24.1 Å². The minimum absolute atomic E-state index is 0.261. The van der Waals surface area contributed by atoms with E-state index < -0.39 is 0 Å². The molecule has 1 heterocycles. The molecule has 132 valence electrons. The summed E-state index contributed by atoms with van der Waals surface area (Å²) in [6.45, 7) is 2.62. The first-order valence-electron chi connectivity index (χ1n) is 8.48. The van der Waals surface area contributed by atoms with Crippen LogP contribution in [0.4, 0.5) is 15.8 Å². The number of benzene rings is 2. The zero-order valence-corrected chi connectivity index (χ0v) is 14.5. The molecule has 0 saturated heterocycles. The third-order valence-corrected chi connectivity index (χ3v) is 4.02. The lowest BCUT2D eigenvalue weighted by molar-refractivity contribution is 0.102. The zero-order valence-electron chi connectivity index (χ0n) is 14.5.